The number of hydrogen-bond acceptors (Lipinski definition) is 9. The Morgan fingerprint density at radius 3 is 2.33 bits per heavy atom. The first-order chi connectivity index (χ1) is 18.5. The van der Waals surface area contributed by atoms with Crippen molar-refractivity contribution in [3.63, 3.8) is 0 Å². The third-order valence-electron chi connectivity index (χ3n) is 6.20. The minimum atomic E-state index is -4.11. The predicted molar refractivity (Wildman–Crippen MR) is 147 cm³/mol. The van der Waals surface area contributed by atoms with Crippen LogP contribution in [0.1, 0.15) is 27.9 Å². The number of rotatable bonds is 10. The molecule has 2 N–H and O–H groups in total. The predicted octanol–water partition coefficient (Wildman–Crippen LogP) is 4.80. The minimum absolute atomic E-state index is 0.0534. The van der Waals surface area contributed by atoms with Gasteiger partial charge in [-0.05, 0) is 63.1 Å². The SMILES string of the molecule is COc1ccc2[nH]c(SCc3ncc(C)c(OC)c3C)nc2c1S(=O)(=O)c1c(C)cc(OCC(=O)O)cc1C. The number of imidazole rings is 1. The van der Waals surface area contributed by atoms with Crippen LogP contribution in [0.15, 0.2) is 45.4 Å². The molecule has 0 fully saturated rings. The lowest BCUT2D eigenvalue weighted by molar-refractivity contribution is -0.139. The van der Waals surface area contributed by atoms with E-state index in [1.807, 2.05) is 13.8 Å². The van der Waals surface area contributed by atoms with Gasteiger partial charge in [0.25, 0.3) is 0 Å². The maximum absolute atomic E-state index is 14.1. The number of aromatic amines is 1. The number of carboxylic acids is 1. The van der Waals surface area contributed by atoms with E-state index in [0.717, 1.165) is 22.6 Å². The van der Waals surface area contributed by atoms with Gasteiger partial charge in [0, 0.05) is 23.1 Å². The monoisotopic (exact) mass is 571 g/mol. The smallest absolute Gasteiger partial charge is 0.341 e. The third kappa shape index (κ3) is 5.52. The Balaban J connectivity index is 1.75. The standard InChI is InChI=1S/C27H29N3O7S2/c1-14-9-18(37-12-22(31)32)10-15(2)25(14)39(33,34)26-21(35-5)8-7-19-23(26)30-27(29-19)38-13-20-17(4)24(36-6)16(3)11-28-20/h7-11H,12-13H2,1-6H3,(H,29,30)(H,31,32). The van der Waals surface area contributed by atoms with Crippen molar-refractivity contribution in [1.29, 1.82) is 0 Å². The number of aryl methyl sites for hydroxylation is 3. The van der Waals surface area contributed by atoms with E-state index in [1.54, 1.807) is 39.3 Å². The van der Waals surface area contributed by atoms with Crippen molar-refractivity contribution in [2.45, 2.75) is 48.4 Å². The molecule has 0 amide bonds. The summed E-state index contributed by atoms with van der Waals surface area (Å²) in [7, 11) is -1.08. The van der Waals surface area contributed by atoms with Crippen LogP contribution in [0, 0.1) is 27.7 Å². The van der Waals surface area contributed by atoms with E-state index in [4.69, 9.17) is 19.3 Å². The van der Waals surface area contributed by atoms with Gasteiger partial charge in [0.05, 0.1) is 30.3 Å². The Bertz CT molecular complexity index is 1660. The lowest BCUT2D eigenvalue weighted by Crippen LogP contribution is -2.12. The molecule has 0 bridgehead atoms. The largest absolute Gasteiger partial charge is 0.496 e. The zero-order valence-corrected chi connectivity index (χ0v) is 24.0. The van der Waals surface area contributed by atoms with Crippen LogP contribution in [0.2, 0.25) is 0 Å². The molecule has 0 aliphatic rings. The number of fused-ring (bicyclic) bond motifs is 1. The maximum atomic E-state index is 14.1. The van der Waals surface area contributed by atoms with Gasteiger partial charge in [0.1, 0.15) is 27.7 Å². The Labute approximate surface area is 230 Å². The minimum Gasteiger partial charge on any atom is -0.496 e. The summed E-state index contributed by atoms with van der Waals surface area (Å²) in [5.41, 5.74) is 4.34. The maximum Gasteiger partial charge on any atom is 0.341 e. The number of aromatic nitrogens is 3. The number of ether oxygens (including phenoxy) is 3. The number of thioether (sulfide) groups is 1. The second-order valence-electron chi connectivity index (χ2n) is 8.94. The Morgan fingerprint density at radius 2 is 1.72 bits per heavy atom. The summed E-state index contributed by atoms with van der Waals surface area (Å²) in [6, 6.07) is 6.33. The van der Waals surface area contributed by atoms with E-state index in [9.17, 15) is 13.2 Å². The topological polar surface area (TPSA) is 141 Å². The van der Waals surface area contributed by atoms with Crippen molar-refractivity contribution < 1.29 is 32.5 Å². The van der Waals surface area contributed by atoms with Gasteiger partial charge >= 0.3 is 5.97 Å². The second kappa shape index (κ2) is 11.1. The number of methoxy groups -OCH3 is 2. The van der Waals surface area contributed by atoms with Crippen LogP contribution >= 0.6 is 11.8 Å². The number of aliphatic carboxylic acids is 1. The summed E-state index contributed by atoms with van der Waals surface area (Å²) in [5.74, 6) is 0.590. The summed E-state index contributed by atoms with van der Waals surface area (Å²) < 4.78 is 44.4. The Kier molecular flexibility index (Phi) is 8.07. The zero-order valence-electron chi connectivity index (χ0n) is 22.4. The highest BCUT2D eigenvalue weighted by Crippen LogP contribution is 2.39. The fourth-order valence-corrected chi connectivity index (χ4v) is 7.41. The third-order valence-corrected chi connectivity index (χ3v) is 9.20. The number of pyridine rings is 1. The summed E-state index contributed by atoms with van der Waals surface area (Å²) in [6.07, 6.45) is 1.76. The second-order valence-corrected chi connectivity index (χ2v) is 11.7. The van der Waals surface area contributed by atoms with Crippen LogP contribution in [-0.4, -0.2) is 55.3 Å². The molecule has 39 heavy (non-hydrogen) atoms. The number of carboxylic acid groups (broad SMARTS) is 1. The molecule has 0 radical (unpaired) electrons. The first-order valence-corrected chi connectivity index (χ1v) is 14.3. The number of nitrogens with one attached hydrogen (secondary N) is 1. The fraction of sp³-hybridized carbons (Fsp3) is 0.296. The molecule has 0 aliphatic carbocycles. The fourth-order valence-electron chi connectivity index (χ4n) is 4.52. The van der Waals surface area contributed by atoms with Gasteiger partial charge in [-0.3, -0.25) is 4.98 Å². The van der Waals surface area contributed by atoms with Gasteiger partial charge in [-0.15, -0.1) is 0 Å². The number of sulfone groups is 1. The summed E-state index contributed by atoms with van der Waals surface area (Å²) in [6.45, 7) is 6.63. The molecule has 4 rings (SSSR count). The molecule has 2 aromatic heterocycles. The molecule has 2 heterocycles. The van der Waals surface area contributed by atoms with Crippen LogP contribution in [0.5, 0.6) is 17.2 Å². The van der Waals surface area contributed by atoms with E-state index in [-0.39, 0.29) is 26.8 Å². The van der Waals surface area contributed by atoms with Crippen LogP contribution in [0.4, 0.5) is 0 Å². The quantitative estimate of drug-likeness (QED) is 0.255. The summed E-state index contributed by atoms with van der Waals surface area (Å²) >= 11 is 1.40. The number of carbonyl (C=O) groups is 1. The molecule has 10 nitrogen and oxygen atoms in total. The number of benzene rings is 2. The van der Waals surface area contributed by atoms with E-state index < -0.39 is 22.4 Å². The molecule has 4 aromatic rings. The molecule has 0 spiro atoms. The number of nitrogens with zero attached hydrogens (tertiary/aromatic N) is 2. The molecule has 0 aliphatic heterocycles. The average Bonchev–Trinajstić information content (AvgIpc) is 3.29. The van der Waals surface area contributed by atoms with E-state index in [1.165, 1.54) is 31.0 Å². The molecule has 206 valence electrons. The van der Waals surface area contributed by atoms with Crippen molar-refractivity contribution in [3.8, 4) is 17.2 Å². The zero-order chi connectivity index (χ0) is 28.5. The van der Waals surface area contributed by atoms with Crippen molar-refractivity contribution in [1.82, 2.24) is 15.0 Å². The van der Waals surface area contributed by atoms with E-state index >= 15 is 0 Å². The van der Waals surface area contributed by atoms with Crippen molar-refractivity contribution in [3.05, 3.63) is 58.4 Å². The van der Waals surface area contributed by atoms with Crippen LogP contribution in [-0.2, 0) is 20.4 Å². The Hall–Kier alpha value is -3.77. The van der Waals surface area contributed by atoms with Crippen molar-refractivity contribution >= 4 is 38.6 Å². The van der Waals surface area contributed by atoms with Gasteiger partial charge in [-0.1, -0.05) is 11.8 Å². The molecular formula is C27H29N3O7S2. The van der Waals surface area contributed by atoms with Crippen LogP contribution in [0.3, 0.4) is 0 Å². The highest BCUT2D eigenvalue weighted by Gasteiger charge is 2.30. The first kappa shape index (κ1) is 28.2. The highest BCUT2D eigenvalue weighted by molar-refractivity contribution is 7.98. The lowest BCUT2D eigenvalue weighted by atomic mass is 10.1. The van der Waals surface area contributed by atoms with Gasteiger partial charge in [0.15, 0.2) is 11.8 Å². The number of H-pyrrole nitrogens is 1. The average molecular weight is 572 g/mol. The number of hydrogen-bond donors (Lipinski definition) is 2. The van der Waals surface area contributed by atoms with Gasteiger partial charge in [-0.2, -0.15) is 0 Å². The van der Waals surface area contributed by atoms with E-state index in [2.05, 4.69) is 15.0 Å². The van der Waals surface area contributed by atoms with Gasteiger partial charge < -0.3 is 24.3 Å². The lowest BCUT2D eigenvalue weighted by Gasteiger charge is -2.16. The van der Waals surface area contributed by atoms with Crippen LogP contribution in [0.25, 0.3) is 11.0 Å². The van der Waals surface area contributed by atoms with Gasteiger partial charge in [0.2, 0.25) is 9.84 Å². The molecular weight excluding hydrogens is 542 g/mol. The molecule has 0 saturated carbocycles. The van der Waals surface area contributed by atoms with Crippen molar-refractivity contribution in [2.24, 2.45) is 0 Å². The molecule has 2 aromatic carbocycles. The van der Waals surface area contributed by atoms with E-state index in [0.29, 0.717) is 27.6 Å². The summed E-state index contributed by atoms with van der Waals surface area (Å²) in [4.78, 5) is 23.3. The summed E-state index contributed by atoms with van der Waals surface area (Å²) in [5, 5.41) is 9.43. The van der Waals surface area contributed by atoms with Crippen LogP contribution < -0.4 is 14.2 Å². The first-order valence-electron chi connectivity index (χ1n) is 11.9. The van der Waals surface area contributed by atoms with Gasteiger partial charge in [-0.25, -0.2) is 18.2 Å². The Morgan fingerprint density at radius 1 is 1.03 bits per heavy atom. The van der Waals surface area contributed by atoms with Crippen molar-refractivity contribution in [2.75, 3.05) is 20.8 Å². The molecule has 0 atom stereocenters. The molecule has 12 heteroatoms. The molecule has 0 unspecified atom stereocenters. The molecule has 0 saturated heterocycles. The normalized spacial score (nSPS) is 11.5. The highest BCUT2D eigenvalue weighted by atomic mass is 32.2.